The fraction of sp³-hybridized carbons (Fsp3) is 0.136. The molecule has 0 amide bonds. The standard InChI is InChI=1S/C22H20N2O/c1-15-8-9-16(2)21(14-15)24-20-7-5-4-6-19(20)23-22(24)17-10-12-18(25-3)13-11-17/h4-14H,1-3H3. The molecule has 0 aliphatic heterocycles. The number of hydrogen-bond donors (Lipinski definition) is 0. The van der Waals surface area contributed by atoms with Gasteiger partial charge in [-0.25, -0.2) is 4.98 Å². The van der Waals surface area contributed by atoms with Crippen LogP contribution in [-0.2, 0) is 0 Å². The number of ether oxygens (including phenoxy) is 1. The SMILES string of the molecule is COc1ccc(-c2nc3ccccc3n2-c2cc(C)ccc2C)cc1. The van der Waals surface area contributed by atoms with E-state index in [-0.39, 0.29) is 0 Å². The average molecular weight is 328 g/mol. The van der Waals surface area contributed by atoms with Gasteiger partial charge >= 0.3 is 0 Å². The third-order valence-corrected chi connectivity index (χ3v) is 4.51. The zero-order valence-electron chi connectivity index (χ0n) is 14.7. The quantitative estimate of drug-likeness (QED) is 0.509. The van der Waals surface area contributed by atoms with Gasteiger partial charge in [-0.2, -0.15) is 0 Å². The Morgan fingerprint density at radius 2 is 1.64 bits per heavy atom. The lowest BCUT2D eigenvalue weighted by Crippen LogP contribution is -2.00. The van der Waals surface area contributed by atoms with Crippen LogP contribution in [0.5, 0.6) is 5.75 Å². The van der Waals surface area contributed by atoms with Crippen molar-refractivity contribution in [3.8, 4) is 22.8 Å². The van der Waals surface area contributed by atoms with E-state index in [1.165, 1.54) is 16.8 Å². The summed E-state index contributed by atoms with van der Waals surface area (Å²) < 4.78 is 7.54. The molecule has 4 rings (SSSR count). The predicted octanol–water partition coefficient (Wildman–Crippen LogP) is 5.32. The van der Waals surface area contributed by atoms with Gasteiger partial charge in [0.1, 0.15) is 11.6 Å². The maximum Gasteiger partial charge on any atom is 0.145 e. The van der Waals surface area contributed by atoms with Gasteiger partial charge in [-0.1, -0.05) is 24.3 Å². The highest BCUT2D eigenvalue weighted by atomic mass is 16.5. The number of rotatable bonds is 3. The molecule has 0 aliphatic carbocycles. The Labute approximate surface area is 147 Å². The van der Waals surface area contributed by atoms with Gasteiger partial charge in [-0.3, -0.25) is 4.57 Å². The van der Waals surface area contributed by atoms with Crippen molar-refractivity contribution in [3.63, 3.8) is 0 Å². The maximum atomic E-state index is 5.29. The number of nitrogens with zero attached hydrogens (tertiary/aromatic N) is 2. The van der Waals surface area contributed by atoms with Crippen LogP contribution in [0.4, 0.5) is 0 Å². The predicted molar refractivity (Wildman–Crippen MR) is 103 cm³/mol. The number of methoxy groups -OCH3 is 1. The van der Waals surface area contributed by atoms with Crippen molar-refractivity contribution in [3.05, 3.63) is 77.9 Å². The van der Waals surface area contributed by atoms with Gasteiger partial charge in [0.2, 0.25) is 0 Å². The van der Waals surface area contributed by atoms with E-state index < -0.39 is 0 Å². The largest absolute Gasteiger partial charge is 0.497 e. The summed E-state index contributed by atoms with van der Waals surface area (Å²) in [5.41, 5.74) is 6.80. The Morgan fingerprint density at radius 1 is 0.880 bits per heavy atom. The summed E-state index contributed by atoms with van der Waals surface area (Å²) in [6.07, 6.45) is 0. The average Bonchev–Trinajstić information content (AvgIpc) is 3.03. The molecule has 0 fully saturated rings. The van der Waals surface area contributed by atoms with Crippen molar-refractivity contribution >= 4 is 11.0 Å². The van der Waals surface area contributed by atoms with E-state index in [2.05, 4.69) is 66.9 Å². The Bertz CT molecular complexity index is 1050. The van der Waals surface area contributed by atoms with Crippen LogP contribution < -0.4 is 4.74 Å². The van der Waals surface area contributed by atoms with Gasteiger partial charge in [-0.15, -0.1) is 0 Å². The fourth-order valence-corrected chi connectivity index (χ4v) is 3.16. The van der Waals surface area contributed by atoms with Crippen molar-refractivity contribution < 1.29 is 4.74 Å². The first-order chi connectivity index (χ1) is 12.2. The lowest BCUT2D eigenvalue weighted by molar-refractivity contribution is 0.415. The number of hydrogen-bond acceptors (Lipinski definition) is 2. The second-order valence-corrected chi connectivity index (χ2v) is 6.28. The first-order valence-electron chi connectivity index (χ1n) is 8.37. The van der Waals surface area contributed by atoms with Gasteiger partial charge in [0.15, 0.2) is 0 Å². The minimum Gasteiger partial charge on any atom is -0.497 e. The zero-order chi connectivity index (χ0) is 17.4. The van der Waals surface area contributed by atoms with E-state index in [4.69, 9.17) is 9.72 Å². The highest BCUT2D eigenvalue weighted by molar-refractivity contribution is 5.83. The van der Waals surface area contributed by atoms with Gasteiger partial charge in [0.25, 0.3) is 0 Å². The Hall–Kier alpha value is -3.07. The normalized spacial score (nSPS) is 11.0. The molecule has 0 atom stereocenters. The molecule has 0 N–H and O–H groups in total. The van der Waals surface area contributed by atoms with E-state index in [0.717, 1.165) is 28.2 Å². The first-order valence-corrected chi connectivity index (χ1v) is 8.37. The van der Waals surface area contributed by atoms with Crippen LogP contribution in [0.2, 0.25) is 0 Å². The third kappa shape index (κ3) is 2.68. The summed E-state index contributed by atoms with van der Waals surface area (Å²) >= 11 is 0. The van der Waals surface area contributed by atoms with Crippen LogP contribution in [0.15, 0.2) is 66.7 Å². The minimum absolute atomic E-state index is 0.846. The van der Waals surface area contributed by atoms with Crippen molar-refractivity contribution in [2.45, 2.75) is 13.8 Å². The molecule has 124 valence electrons. The third-order valence-electron chi connectivity index (χ3n) is 4.51. The van der Waals surface area contributed by atoms with Crippen LogP contribution in [0.1, 0.15) is 11.1 Å². The van der Waals surface area contributed by atoms with Gasteiger partial charge in [0.05, 0.1) is 23.8 Å². The molecule has 25 heavy (non-hydrogen) atoms. The summed E-state index contributed by atoms with van der Waals surface area (Å²) in [4.78, 5) is 4.91. The first kappa shape index (κ1) is 15.5. The molecule has 0 saturated carbocycles. The lowest BCUT2D eigenvalue weighted by Gasteiger charge is -2.13. The summed E-state index contributed by atoms with van der Waals surface area (Å²) in [6, 6.07) is 22.9. The molecule has 3 aromatic carbocycles. The van der Waals surface area contributed by atoms with Gasteiger partial charge in [0, 0.05) is 5.56 Å². The van der Waals surface area contributed by atoms with Crippen LogP contribution in [-0.4, -0.2) is 16.7 Å². The maximum absolute atomic E-state index is 5.29. The van der Waals surface area contributed by atoms with Crippen molar-refractivity contribution in [2.24, 2.45) is 0 Å². The zero-order valence-corrected chi connectivity index (χ0v) is 14.7. The van der Waals surface area contributed by atoms with Crippen molar-refractivity contribution in [1.82, 2.24) is 9.55 Å². The smallest absolute Gasteiger partial charge is 0.145 e. The minimum atomic E-state index is 0.846. The van der Waals surface area contributed by atoms with E-state index >= 15 is 0 Å². The summed E-state index contributed by atoms with van der Waals surface area (Å²) in [5, 5.41) is 0. The number of benzene rings is 3. The van der Waals surface area contributed by atoms with Gasteiger partial charge < -0.3 is 4.74 Å². The van der Waals surface area contributed by atoms with E-state index in [1.807, 2.05) is 18.2 Å². The van der Waals surface area contributed by atoms with Crippen LogP contribution in [0.3, 0.4) is 0 Å². The molecule has 0 radical (unpaired) electrons. The van der Waals surface area contributed by atoms with Gasteiger partial charge in [-0.05, 0) is 67.4 Å². The van der Waals surface area contributed by atoms with E-state index in [1.54, 1.807) is 7.11 Å². The number of para-hydroxylation sites is 2. The summed E-state index contributed by atoms with van der Waals surface area (Å²) in [6.45, 7) is 4.26. The number of fused-ring (bicyclic) bond motifs is 1. The number of imidazole rings is 1. The van der Waals surface area contributed by atoms with E-state index in [0.29, 0.717) is 0 Å². The second-order valence-electron chi connectivity index (χ2n) is 6.28. The molecule has 0 unspecified atom stereocenters. The molecular formula is C22H20N2O. The van der Waals surface area contributed by atoms with Crippen molar-refractivity contribution in [2.75, 3.05) is 7.11 Å². The number of aryl methyl sites for hydroxylation is 2. The summed E-state index contributed by atoms with van der Waals surface area (Å²) in [5.74, 6) is 1.79. The Kier molecular flexibility index (Phi) is 3.77. The fourth-order valence-electron chi connectivity index (χ4n) is 3.16. The molecule has 0 saturated heterocycles. The van der Waals surface area contributed by atoms with Crippen LogP contribution in [0.25, 0.3) is 28.1 Å². The lowest BCUT2D eigenvalue weighted by atomic mass is 10.1. The molecule has 0 bridgehead atoms. The Balaban J connectivity index is 2.02. The van der Waals surface area contributed by atoms with Crippen LogP contribution >= 0.6 is 0 Å². The molecule has 3 heteroatoms. The molecule has 1 aromatic heterocycles. The molecule has 0 spiro atoms. The molecule has 4 aromatic rings. The Morgan fingerprint density at radius 3 is 2.40 bits per heavy atom. The molecule has 0 aliphatic rings. The molecular weight excluding hydrogens is 308 g/mol. The number of aromatic nitrogens is 2. The van der Waals surface area contributed by atoms with E-state index in [9.17, 15) is 0 Å². The highest BCUT2D eigenvalue weighted by Gasteiger charge is 2.15. The van der Waals surface area contributed by atoms with Crippen LogP contribution in [0, 0.1) is 13.8 Å². The molecule has 3 nitrogen and oxygen atoms in total. The van der Waals surface area contributed by atoms with Crippen molar-refractivity contribution in [1.29, 1.82) is 0 Å². The monoisotopic (exact) mass is 328 g/mol. The highest BCUT2D eigenvalue weighted by Crippen LogP contribution is 2.31. The summed E-state index contributed by atoms with van der Waals surface area (Å²) in [7, 11) is 1.68. The topological polar surface area (TPSA) is 27.1 Å². The second kappa shape index (κ2) is 6.10. The molecule has 1 heterocycles.